The summed E-state index contributed by atoms with van der Waals surface area (Å²) in [6, 6.07) is 4.91. The number of amides is 2. The molecule has 0 radical (unpaired) electrons. The lowest BCUT2D eigenvalue weighted by molar-refractivity contribution is -0.205. The number of carbonyl (C=O) groups is 2. The van der Waals surface area contributed by atoms with Gasteiger partial charge in [-0.15, -0.1) is 0 Å². The predicted molar refractivity (Wildman–Crippen MR) is 128 cm³/mol. The standard InChI is InChI=1S/C22H25F3IN3O6/c1-12(31)29(35-11-22(2,3)33)10-13-8-15(21(32)28-34-7-6-30)20(19(25)18(13)24)27-17-5-4-14(26)9-16(17)23/h4-5,8-9,27,30,33H,6-7,10-11H2,1-3H3,(H,28,32). The van der Waals surface area contributed by atoms with Crippen molar-refractivity contribution in [1.29, 1.82) is 0 Å². The van der Waals surface area contributed by atoms with Crippen LogP contribution >= 0.6 is 22.6 Å². The molecule has 4 N–H and O–H groups in total. The zero-order valence-corrected chi connectivity index (χ0v) is 21.3. The molecule has 0 aromatic heterocycles. The number of nitrogens with one attached hydrogen (secondary N) is 2. The van der Waals surface area contributed by atoms with Crippen molar-refractivity contribution in [2.75, 3.05) is 25.1 Å². The number of halogens is 4. The van der Waals surface area contributed by atoms with Gasteiger partial charge in [-0.25, -0.2) is 23.7 Å². The van der Waals surface area contributed by atoms with E-state index >= 15 is 8.78 Å². The summed E-state index contributed by atoms with van der Waals surface area (Å²) in [4.78, 5) is 34.6. The van der Waals surface area contributed by atoms with Crippen LogP contribution in [-0.2, 0) is 21.0 Å². The molecule has 0 atom stereocenters. The third-order valence-electron chi connectivity index (χ3n) is 4.31. The topological polar surface area (TPSA) is 120 Å². The van der Waals surface area contributed by atoms with E-state index < -0.39 is 64.8 Å². The maximum atomic E-state index is 15.2. The third kappa shape index (κ3) is 8.31. The Labute approximate surface area is 213 Å². The molecular weight excluding hydrogens is 586 g/mol. The number of anilines is 2. The van der Waals surface area contributed by atoms with E-state index in [4.69, 9.17) is 14.8 Å². The van der Waals surface area contributed by atoms with Gasteiger partial charge >= 0.3 is 0 Å². The quantitative estimate of drug-likeness (QED) is 0.175. The fourth-order valence-corrected chi connectivity index (χ4v) is 3.13. The normalized spacial score (nSPS) is 11.3. The molecule has 0 bridgehead atoms. The van der Waals surface area contributed by atoms with E-state index in [9.17, 15) is 19.1 Å². The molecule has 0 saturated carbocycles. The Kier molecular flexibility index (Phi) is 10.3. The van der Waals surface area contributed by atoms with Gasteiger partial charge in [-0.05, 0) is 60.7 Å². The lowest BCUT2D eigenvalue weighted by atomic mass is 10.1. The molecule has 0 saturated heterocycles. The molecule has 0 aliphatic rings. The highest BCUT2D eigenvalue weighted by atomic mass is 127. The number of carbonyl (C=O) groups excluding carboxylic acids is 2. The Morgan fingerprint density at radius 1 is 1.17 bits per heavy atom. The van der Waals surface area contributed by atoms with E-state index in [1.165, 1.54) is 26.0 Å². The van der Waals surface area contributed by atoms with E-state index in [-0.39, 0.29) is 18.9 Å². The molecule has 13 heteroatoms. The minimum absolute atomic E-state index is 0.222. The Bertz CT molecular complexity index is 1080. The zero-order valence-electron chi connectivity index (χ0n) is 19.1. The molecule has 0 aliphatic carbocycles. The number of nitrogens with zero attached hydrogens (tertiary/aromatic N) is 1. The second-order valence-corrected chi connectivity index (χ2v) is 9.23. The van der Waals surface area contributed by atoms with Crippen molar-refractivity contribution in [2.24, 2.45) is 0 Å². The molecule has 35 heavy (non-hydrogen) atoms. The number of aliphatic hydroxyl groups is 2. The second kappa shape index (κ2) is 12.5. The lowest BCUT2D eigenvalue weighted by Gasteiger charge is -2.25. The number of hydroxylamine groups is 3. The highest BCUT2D eigenvalue weighted by Crippen LogP contribution is 2.31. The Hall–Kier alpha value is -2.46. The van der Waals surface area contributed by atoms with E-state index in [0.29, 0.717) is 8.63 Å². The molecule has 0 spiro atoms. The highest BCUT2D eigenvalue weighted by Gasteiger charge is 2.26. The molecule has 2 aromatic carbocycles. The van der Waals surface area contributed by atoms with Crippen molar-refractivity contribution in [3.05, 3.63) is 56.4 Å². The maximum Gasteiger partial charge on any atom is 0.277 e. The van der Waals surface area contributed by atoms with Gasteiger partial charge in [0.2, 0.25) is 5.91 Å². The first-order valence-electron chi connectivity index (χ1n) is 10.2. The van der Waals surface area contributed by atoms with Crippen LogP contribution < -0.4 is 10.8 Å². The van der Waals surface area contributed by atoms with Crippen LogP contribution in [0.2, 0.25) is 0 Å². The molecule has 0 aliphatic heterocycles. The predicted octanol–water partition coefficient (Wildman–Crippen LogP) is 3.16. The fourth-order valence-electron chi connectivity index (χ4n) is 2.68. The van der Waals surface area contributed by atoms with Gasteiger partial charge in [0.15, 0.2) is 11.6 Å². The number of aliphatic hydroxyl groups excluding tert-OH is 1. The van der Waals surface area contributed by atoms with Crippen molar-refractivity contribution in [1.82, 2.24) is 10.5 Å². The van der Waals surface area contributed by atoms with Gasteiger partial charge in [0.1, 0.15) is 12.4 Å². The van der Waals surface area contributed by atoms with Gasteiger partial charge < -0.3 is 15.5 Å². The fraction of sp³-hybridized carbons (Fsp3) is 0.364. The van der Waals surface area contributed by atoms with Crippen LogP contribution in [0.1, 0.15) is 36.7 Å². The van der Waals surface area contributed by atoms with Crippen molar-refractivity contribution < 1.29 is 42.6 Å². The number of hydrogen-bond acceptors (Lipinski definition) is 7. The average Bonchev–Trinajstić information content (AvgIpc) is 2.76. The van der Waals surface area contributed by atoms with Crippen molar-refractivity contribution in [2.45, 2.75) is 32.9 Å². The largest absolute Gasteiger partial charge is 0.394 e. The first-order valence-corrected chi connectivity index (χ1v) is 11.3. The van der Waals surface area contributed by atoms with Crippen LogP contribution in [0.3, 0.4) is 0 Å². The third-order valence-corrected chi connectivity index (χ3v) is 4.99. The Morgan fingerprint density at radius 2 is 1.86 bits per heavy atom. The molecular formula is C22H25F3IN3O6. The van der Waals surface area contributed by atoms with Crippen LogP contribution in [0.5, 0.6) is 0 Å². The van der Waals surface area contributed by atoms with Gasteiger partial charge in [0.25, 0.3) is 5.91 Å². The van der Waals surface area contributed by atoms with Crippen molar-refractivity contribution in [3.63, 3.8) is 0 Å². The first kappa shape index (κ1) is 28.8. The summed E-state index contributed by atoms with van der Waals surface area (Å²) in [6.07, 6.45) is 0. The van der Waals surface area contributed by atoms with Crippen molar-refractivity contribution in [3.8, 4) is 0 Å². The smallest absolute Gasteiger partial charge is 0.277 e. The van der Waals surface area contributed by atoms with Crippen LogP contribution in [0.25, 0.3) is 0 Å². The number of hydrogen-bond donors (Lipinski definition) is 4. The van der Waals surface area contributed by atoms with Crippen LogP contribution in [0.4, 0.5) is 24.5 Å². The minimum Gasteiger partial charge on any atom is -0.394 e. The molecule has 0 heterocycles. The molecule has 9 nitrogen and oxygen atoms in total. The summed E-state index contributed by atoms with van der Waals surface area (Å²) >= 11 is 1.87. The maximum absolute atomic E-state index is 15.2. The van der Waals surface area contributed by atoms with E-state index in [0.717, 1.165) is 19.1 Å². The van der Waals surface area contributed by atoms with E-state index in [2.05, 4.69) is 5.32 Å². The SMILES string of the molecule is CC(=O)N(Cc1cc(C(=O)NOCCO)c(Nc2ccc(I)cc2F)c(F)c1F)OCC(C)(C)O. The average molecular weight is 611 g/mol. The molecule has 2 amide bonds. The Morgan fingerprint density at radius 3 is 2.43 bits per heavy atom. The first-order chi connectivity index (χ1) is 16.3. The van der Waals surface area contributed by atoms with Gasteiger partial charge in [-0.3, -0.25) is 19.3 Å². The number of rotatable bonds is 11. The molecule has 2 rings (SSSR count). The zero-order chi connectivity index (χ0) is 26.3. The van der Waals surface area contributed by atoms with Gasteiger partial charge in [-0.1, -0.05) is 0 Å². The lowest BCUT2D eigenvalue weighted by Crippen LogP contribution is -2.36. The summed E-state index contributed by atoms with van der Waals surface area (Å²) in [5.41, 5.74) is -1.15. The number of benzene rings is 2. The van der Waals surface area contributed by atoms with Gasteiger partial charge in [0.05, 0.1) is 42.3 Å². The van der Waals surface area contributed by atoms with E-state index in [1.807, 2.05) is 28.1 Å². The minimum atomic E-state index is -1.52. The van der Waals surface area contributed by atoms with E-state index in [1.54, 1.807) is 0 Å². The van der Waals surface area contributed by atoms with Crippen LogP contribution in [0, 0.1) is 21.0 Å². The summed E-state index contributed by atoms with van der Waals surface area (Å²) in [5.74, 6) is -5.40. The highest BCUT2D eigenvalue weighted by molar-refractivity contribution is 14.1. The summed E-state index contributed by atoms with van der Waals surface area (Å²) in [6.45, 7) is 2.32. The van der Waals surface area contributed by atoms with Gasteiger partial charge in [0, 0.05) is 16.1 Å². The van der Waals surface area contributed by atoms with Crippen molar-refractivity contribution >= 4 is 45.8 Å². The van der Waals surface area contributed by atoms with Crippen LogP contribution in [-0.4, -0.2) is 52.5 Å². The monoisotopic (exact) mass is 611 g/mol. The molecule has 2 aromatic rings. The molecule has 0 unspecified atom stereocenters. The molecule has 192 valence electrons. The second-order valence-electron chi connectivity index (χ2n) is 7.98. The van der Waals surface area contributed by atoms with Crippen LogP contribution in [0.15, 0.2) is 24.3 Å². The molecule has 0 fully saturated rings. The Balaban J connectivity index is 2.51. The summed E-state index contributed by atoms with van der Waals surface area (Å²) in [5, 5.41) is 21.7. The van der Waals surface area contributed by atoms with Gasteiger partial charge in [-0.2, -0.15) is 0 Å². The summed E-state index contributed by atoms with van der Waals surface area (Å²) < 4.78 is 45.1. The summed E-state index contributed by atoms with van der Waals surface area (Å²) in [7, 11) is 0.